The normalized spacial score (nSPS) is 12.6. The summed E-state index contributed by atoms with van der Waals surface area (Å²) in [6.07, 6.45) is 19.6. The molecule has 2 unspecified atom stereocenters. The first-order valence-electron chi connectivity index (χ1n) is 11.5. The second-order valence-corrected chi connectivity index (χ2v) is 10.8. The van der Waals surface area contributed by atoms with Gasteiger partial charge in [0.1, 0.15) is 0 Å². The van der Waals surface area contributed by atoms with Crippen LogP contribution < -0.4 is 0 Å². The molecule has 2 N–H and O–H groups in total. The number of benzene rings is 1. The van der Waals surface area contributed by atoms with Crippen molar-refractivity contribution >= 4 is 16.9 Å². The van der Waals surface area contributed by atoms with Gasteiger partial charge in [-0.3, -0.25) is 0 Å². The Balaban J connectivity index is 0.00000676. The molecule has 0 aromatic heterocycles. The Hall–Kier alpha value is -0.262. The van der Waals surface area contributed by atoms with Gasteiger partial charge in [-0.2, -0.15) is 0 Å². The van der Waals surface area contributed by atoms with Crippen molar-refractivity contribution in [2.75, 3.05) is 0 Å². The summed E-state index contributed by atoms with van der Waals surface area (Å²) in [5.74, 6) is 0.870. The van der Waals surface area contributed by atoms with E-state index in [1.807, 2.05) is 0 Å². The van der Waals surface area contributed by atoms with Crippen LogP contribution in [0.25, 0.3) is 0 Å². The molecule has 1 aromatic carbocycles. The van der Waals surface area contributed by atoms with E-state index >= 15 is 0 Å². The molecule has 1 rings (SSSR count). The Morgan fingerprint density at radius 1 is 0.741 bits per heavy atom. The van der Waals surface area contributed by atoms with Gasteiger partial charge in [0.2, 0.25) is 0 Å². The summed E-state index contributed by atoms with van der Waals surface area (Å²) in [6.45, 7) is 7.02. The van der Waals surface area contributed by atoms with Crippen LogP contribution in [0.15, 0.2) is 30.3 Å². The predicted octanol–water partition coefficient (Wildman–Crippen LogP) is 6.94. The molecular weight excluding hydrogens is 391 g/mol. The molecule has 0 fully saturated rings. The Morgan fingerprint density at radius 2 is 1.26 bits per heavy atom. The predicted molar refractivity (Wildman–Crippen MR) is 126 cm³/mol. The van der Waals surface area contributed by atoms with Crippen LogP contribution in [0.5, 0.6) is 0 Å². The molecule has 0 heterocycles. The van der Waals surface area contributed by atoms with Crippen LogP contribution >= 0.6 is 0 Å². The quantitative estimate of drug-likeness (QED) is 0.198. The van der Waals surface area contributed by atoms with Crippen LogP contribution in [-0.2, 0) is 6.42 Å². The van der Waals surface area contributed by atoms with E-state index in [4.69, 9.17) is 0 Å². The van der Waals surface area contributed by atoms with Crippen LogP contribution in [0.3, 0.4) is 0 Å². The zero-order valence-corrected chi connectivity index (χ0v) is 20.9. The average Bonchev–Trinajstić information content (AvgIpc) is 2.67. The molecule has 0 aliphatic carbocycles. The van der Waals surface area contributed by atoms with Crippen molar-refractivity contribution in [1.82, 2.24) is 0 Å². The molecule has 1 aromatic rings. The van der Waals surface area contributed by atoms with Gasteiger partial charge in [0.05, 0.1) is 0 Å². The molecule has 0 saturated carbocycles. The summed E-state index contributed by atoms with van der Waals surface area (Å²) in [5.41, 5.74) is 1.55. The second kappa shape index (κ2) is 16.7. The van der Waals surface area contributed by atoms with Gasteiger partial charge in [-0.1, -0.05) is 0 Å². The van der Waals surface area contributed by atoms with Crippen molar-refractivity contribution in [1.29, 1.82) is 0 Å². The second-order valence-electron chi connectivity index (χ2n) is 8.38. The summed E-state index contributed by atoms with van der Waals surface area (Å²) in [6, 6.07) is 11.3. The van der Waals surface area contributed by atoms with Crippen molar-refractivity contribution in [2.45, 2.75) is 115 Å². The topological polar surface area (TPSA) is 31.5 Å². The first-order chi connectivity index (χ1) is 12.7. The fourth-order valence-electron chi connectivity index (χ4n) is 4.21. The third-order valence-corrected chi connectivity index (χ3v) is 8.24. The first kappa shape index (κ1) is 26.7. The molecule has 0 spiro atoms. The average molecular weight is 439 g/mol. The molecule has 1 nitrogen and oxygen atoms in total. The van der Waals surface area contributed by atoms with Gasteiger partial charge in [0.25, 0.3) is 0 Å². The molecule has 2 atom stereocenters. The van der Waals surface area contributed by atoms with E-state index in [1.165, 1.54) is 89.9 Å². The molecule has 0 saturated heterocycles. The smallest absolute Gasteiger partial charge is 0.412 e. The SMILES string of the molecule is CCCCCCCCC(Cc1ccccc1)C([AsH2])(CCCC)CCCC.O. The summed E-state index contributed by atoms with van der Waals surface area (Å²) in [7, 11) is 0. The van der Waals surface area contributed by atoms with Gasteiger partial charge in [0.15, 0.2) is 0 Å². The molecule has 27 heavy (non-hydrogen) atoms. The fraction of sp³-hybridized carbons (Fsp3) is 0.760. The van der Waals surface area contributed by atoms with E-state index in [2.05, 4.69) is 68.0 Å². The maximum Gasteiger partial charge on any atom is -0.412 e. The van der Waals surface area contributed by atoms with Crippen molar-refractivity contribution in [3.8, 4) is 0 Å². The van der Waals surface area contributed by atoms with Gasteiger partial charge in [0, 0.05) is 0 Å². The minimum absolute atomic E-state index is 0. The number of hydrogen-bond donors (Lipinski definition) is 0. The van der Waals surface area contributed by atoms with Gasteiger partial charge < -0.3 is 5.48 Å². The van der Waals surface area contributed by atoms with Crippen molar-refractivity contribution in [3.63, 3.8) is 0 Å². The maximum absolute atomic E-state index is 2.35. The Labute approximate surface area is 178 Å². The molecule has 0 amide bonds. The van der Waals surface area contributed by atoms with Gasteiger partial charge >= 0.3 is 174 Å². The third-order valence-electron chi connectivity index (χ3n) is 6.04. The summed E-state index contributed by atoms with van der Waals surface area (Å²) >= 11 is 2.05. The molecule has 158 valence electrons. The Bertz CT molecular complexity index is 423. The van der Waals surface area contributed by atoms with Crippen molar-refractivity contribution in [3.05, 3.63) is 35.9 Å². The summed E-state index contributed by atoms with van der Waals surface area (Å²) in [5, 5.41) is 0. The van der Waals surface area contributed by atoms with Crippen LogP contribution in [-0.4, -0.2) is 22.3 Å². The van der Waals surface area contributed by atoms with Gasteiger partial charge in [-0.15, -0.1) is 0 Å². The number of unbranched alkanes of at least 4 members (excludes halogenated alkanes) is 7. The van der Waals surface area contributed by atoms with Crippen LogP contribution in [0.2, 0.25) is 4.20 Å². The monoisotopic (exact) mass is 438 g/mol. The molecule has 0 bridgehead atoms. The zero-order chi connectivity index (χ0) is 19.1. The van der Waals surface area contributed by atoms with Crippen LogP contribution in [0.1, 0.15) is 110 Å². The number of hydrogen-bond acceptors (Lipinski definition) is 0. The van der Waals surface area contributed by atoms with E-state index in [0.29, 0.717) is 4.20 Å². The van der Waals surface area contributed by atoms with Crippen molar-refractivity contribution in [2.24, 2.45) is 5.92 Å². The van der Waals surface area contributed by atoms with Crippen LogP contribution in [0, 0.1) is 5.92 Å². The molecule has 2 heteroatoms. The Kier molecular flexibility index (Phi) is 16.5. The third kappa shape index (κ3) is 11.4. The largest absolute Gasteiger partial charge is 0.412 e. The summed E-state index contributed by atoms with van der Waals surface area (Å²) in [4.78, 5) is 0. The first-order valence-corrected chi connectivity index (χ1v) is 12.7. The van der Waals surface area contributed by atoms with E-state index in [0.717, 1.165) is 5.92 Å². The summed E-state index contributed by atoms with van der Waals surface area (Å²) < 4.78 is 0.582. The van der Waals surface area contributed by atoms with E-state index in [-0.39, 0.29) is 5.48 Å². The van der Waals surface area contributed by atoms with Crippen molar-refractivity contribution < 1.29 is 5.48 Å². The fourth-order valence-corrected chi connectivity index (χ4v) is 5.66. The van der Waals surface area contributed by atoms with E-state index < -0.39 is 0 Å². The number of rotatable bonds is 16. The molecule has 0 aliphatic heterocycles. The Morgan fingerprint density at radius 3 is 1.81 bits per heavy atom. The van der Waals surface area contributed by atoms with Gasteiger partial charge in [-0.05, 0) is 0 Å². The minimum atomic E-state index is 0. The van der Waals surface area contributed by atoms with E-state index in [1.54, 1.807) is 5.56 Å². The molecule has 0 radical (unpaired) electrons. The van der Waals surface area contributed by atoms with Crippen LogP contribution in [0.4, 0.5) is 0 Å². The molecular formula is C25H47AsO. The molecule has 0 aliphatic rings. The van der Waals surface area contributed by atoms with E-state index in [9.17, 15) is 0 Å². The zero-order valence-electron chi connectivity index (χ0n) is 18.4. The maximum atomic E-state index is 2.35. The standard InChI is InChI=1S/C25H45As.H2O/c1-4-7-10-11-12-16-19-24(22-23-17-14-13-15-18-23)25(26,20-8-5-2)21-9-6-3;/h13-15,17-18,24H,4-12,16,19-22,26H2,1-3H3;1H2. The van der Waals surface area contributed by atoms with Gasteiger partial charge in [-0.25, -0.2) is 0 Å². The minimum Gasteiger partial charge on any atom is -0.412 e.